The predicted molar refractivity (Wildman–Crippen MR) is 91.2 cm³/mol. The molecule has 1 amide bonds. The molecule has 5 atom stereocenters. The molecule has 24 heavy (non-hydrogen) atoms. The number of carboxylic acid groups (broad SMARTS) is 1. The maximum Gasteiger partial charge on any atom is 0.331 e. The molecule has 2 fully saturated rings. The first-order valence-electron chi connectivity index (χ1n) is 9.29. The zero-order valence-electron chi connectivity index (χ0n) is 14.6. The molecule has 3 unspecified atom stereocenters. The quantitative estimate of drug-likeness (QED) is 0.774. The van der Waals surface area contributed by atoms with Crippen LogP contribution in [0.25, 0.3) is 0 Å². The molecule has 3 aliphatic carbocycles. The van der Waals surface area contributed by atoms with Crippen molar-refractivity contribution in [2.24, 2.45) is 23.2 Å². The Balaban J connectivity index is 1.68. The molecular formula is C20H27NO3. The Labute approximate surface area is 143 Å². The van der Waals surface area contributed by atoms with Crippen LogP contribution in [0.5, 0.6) is 0 Å². The summed E-state index contributed by atoms with van der Waals surface area (Å²) in [6.45, 7) is 4.57. The monoisotopic (exact) mass is 329 g/mol. The largest absolute Gasteiger partial charge is 0.478 e. The van der Waals surface area contributed by atoms with Crippen molar-refractivity contribution in [1.82, 2.24) is 5.32 Å². The van der Waals surface area contributed by atoms with E-state index >= 15 is 0 Å². The molecule has 0 bridgehead atoms. The third kappa shape index (κ3) is 2.18. The van der Waals surface area contributed by atoms with Gasteiger partial charge in [-0.3, -0.25) is 4.79 Å². The van der Waals surface area contributed by atoms with E-state index in [1.54, 1.807) is 0 Å². The number of allylic oxidation sites excluding steroid dienone is 3. The third-order valence-corrected chi connectivity index (χ3v) is 7.54. The van der Waals surface area contributed by atoms with Gasteiger partial charge < -0.3 is 10.4 Å². The first-order chi connectivity index (χ1) is 11.3. The van der Waals surface area contributed by atoms with E-state index in [0.717, 1.165) is 32.1 Å². The van der Waals surface area contributed by atoms with Gasteiger partial charge in [0.1, 0.15) is 0 Å². The van der Waals surface area contributed by atoms with Crippen LogP contribution in [0, 0.1) is 23.2 Å². The van der Waals surface area contributed by atoms with Gasteiger partial charge in [-0.05, 0) is 80.3 Å². The van der Waals surface area contributed by atoms with Crippen molar-refractivity contribution in [3.63, 3.8) is 0 Å². The maximum absolute atomic E-state index is 11.9. The van der Waals surface area contributed by atoms with E-state index in [1.165, 1.54) is 5.57 Å². The molecule has 0 aromatic heterocycles. The van der Waals surface area contributed by atoms with Crippen LogP contribution in [0.3, 0.4) is 0 Å². The van der Waals surface area contributed by atoms with Gasteiger partial charge in [-0.25, -0.2) is 4.79 Å². The van der Waals surface area contributed by atoms with Crippen LogP contribution in [-0.2, 0) is 9.59 Å². The Bertz CT molecular complexity index is 664. The van der Waals surface area contributed by atoms with Crippen molar-refractivity contribution in [2.45, 2.75) is 64.3 Å². The number of hydrogen-bond donors (Lipinski definition) is 2. The lowest BCUT2D eigenvalue weighted by atomic mass is 9.48. The Morgan fingerprint density at radius 1 is 1.21 bits per heavy atom. The van der Waals surface area contributed by atoms with Crippen LogP contribution >= 0.6 is 0 Å². The van der Waals surface area contributed by atoms with Crippen molar-refractivity contribution < 1.29 is 14.7 Å². The lowest BCUT2D eigenvalue weighted by Crippen LogP contribution is -2.62. The van der Waals surface area contributed by atoms with Gasteiger partial charge in [-0.15, -0.1) is 0 Å². The molecule has 4 aliphatic rings. The molecule has 2 N–H and O–H groups in total. The minimum Gasteiger partial charge on any atom is -0.478 e. The van der Waals surface area contributed by atoms with Gasteiger partial charge in [0.25, 0.3) is 0 Å². The third-order valence-electron chi connectivity index (χ3n) is 7.54. The number of carbonyl (C=O) groups is 2. The van der Waals surface area contributed by atoms with Gasteiger partial charge in [-0.2, -0.15) is 0 Å². The molecule has 4 heteroatoms. The van der Waals surface area contributed by atoms with Crippen LogP contribution in [0.2, 0.25) is 0 Å². The first-order valence-corrected chi connectivity index (χ1v) is 9.29. The van der Waals surface area contributed by atoms with Crippen molar-refractivity contribution >= 4 is 11.9 Å². The summed E-state index contributed by atoms with van der Waals surface area (Å²) in [6.07, 6.45) is 10.7. The highest BCUT2D eigenvalue weighted by molar-refractivity contribution is 5.87. The Morgan fingerprint density at radius 2 is 2.00 bits per heavy atom. The summed E-state index contributed by atoms with van der Waals surface area (Å²) in [5, 5.41) is 12.6. The zero-order valence-corrected chi connectivity index (χ0v) is 14.6. The molecule has 1 saturated heterocycles. The standard InChI is InChI=1S/C20H27NO3/c1-19-9-7-12(18(23)24)11-13(19)3-4-14-15(19)8-10-20(2)16(14)5-6-17(22)21-20/h3,11,14-16H,4-10H2,1-2H3,(H,21,22)(H,23,24)/t14?,15?,16?,19-,20-/m0/s1. The summed E-state index contributed by atoms with van der Waals surface area (Å²) < 4.78 is 0. The van der Waals surface area contributed by atoms with Gasteiger partial charge in [0, 0.05) is 17.5 Å². The lowest BCUT2D eigenvalue weighted by molar-refractivity contribution is -0.133. The Morgan fingerprint density at radius 3 is 2.75 bits per heavy atom. The first kappa shape index (κ1) is 15.9. The highest BCUT2D eigenvalue weighted by atomic mass is 16.4. The molecule has 1 heterocycles. The second-order valence-electron chi connectivity index (χ2n) is 8.71. The number of piperidine rings is 1. The SMILES string of the molecule is C[C@]12CCC(C(=O)O)=CC1=CCC1C2CC[C@]2(C)NC(=O)CCC12. The van der Waals surface area contributed by atoms with Crippen LogP contribution in [-0.4, -0.2) is 22.5 Å². The summed E-state index contributed by atoms with van der Waals surface area (Å²) in [5.41, 5.74) is 1.86. The van der Waals surface area contributed by atoms with Gasteiger partial charge in [-0.1, -0.05) is 13.0 Å². The molecule has 4 rings (SSSR count). The summed E-state index contributed by atoms with van der Waals surface area (Å²) in [6, 6.07) is 0. The number of hydrogen-bond acceptors (Lipinski definition) is 2. The number of aliphatic carboxylic acids is 1. The maximum atomic E-state index is 11.9. The Hall–Kier alpha value is -1.58. The summed E-state index contributed by atoms with van der Waals surface area (Å²) in [5.74, 6) is 1.20. The van der Waals surface area contributed by atoms with Gasteiger partial charge in [0.15, 0.2) is 0 Å². The zero-order chi connectivity index (χ0) is 17.1. The molecule has 1 aliphatic heterocycles. The van der Waals surface area contributed by atoms with E-state index in [-0.39, 0.29) is 16.9 Å². The van der Waals surface area contributed by atoms with Gasteiger partial charge in [0.05, 0.1) is 0 Å². The molecule has 0 aromatic carbocycles. The van der Waals surface area contributed by atoms with E-state index in [4.69, 9.17) is 0 Å². The Kier molecular flexibility index (Phi) is 3.45. The second kappa shape index (κ2) is 5.21. The number of carbonyl (C=O) groups excluding carboxylic acids is 1. The summed E-state index contributed by atoms with van der Waals surface area (Å²) in [7, 11) is 0. The minimum absolute atomic E-state index is 0.0467. The number of fused-ring (bicyclic) bond motifs is 5. The molecular weight excluding hydrogens is 302 g/mol. The smallest absolute Gasteiger partial charge is 0.331 e. The molecule has 0 spiro atoms. The average Bonchev–Trinajstić information content (AvgIpc) is 2.52. The van der Waals surface area contributed by atoms with E-state index in [0.29, 0.717) is 36.2 Å². The van der Waals surface area contributed by atoms with E-state index < -0.39 is 5.97 Å². The van der Waals surface area contributed by atoms with Gasteiger partial charge in [0.2, 0.25) is 5.91 Å². The molecule has 0 aromatic rings. The number of carboxylic acids is 1. The fraction of sp³-hybridized carbons (Fsp3) is 0.700. The molecule has 0 radical (unpaired) electrons. The molecule has 1 saturated carbocycles. The minimum atomic E-state index is -0.772. The van der Waals surface area contributed by atoms with Crippen molar-refractivity contribution in [1.29, 1.82) is 0 Å². The fourth-order valence-electron chi connectivity index (χ4n) is 6.17. The number of rotatable bonds is 1. The highest BCUT2D eigenvalue weighted by Gasteiger charge is 2.55. The van der Waals surface area contributed by atoms with E-state index in [9.17, 15) is 14.7 Å². The van der Waals surface area contributed by atoms with Crippen LogP contribution < -0.4 is 5.32 Å². The highest BCUT2D eigenvalue weighted by Crippen LogP contribution is 2.60. The number of nitrogens with one attached hydrogen (secondary N) is 1. The number of amides is 1. The van der Waals surface area contributed by atoms with E-state index in [1.807, 2.05) is 6.08 Å². The molecule has 130 valence electrons. The van der Waals surface area contributed by atoms with Crippen molar-refractivity contribution in [3.05, 3.63) is 23.3 Å². The topological polar surface area (TPSA) is 66.4 Å². The fourth-order valence-corrected chi connectivity index (χ4v) is 6.17. The predicted octanol–water partition coefficient (Wildman–Crippen LogP) is 3.44. The van der Waals surface area contributed by atoms with Crippen LogP contribution in [0.4, 0.5) is 0 Å². The lowest BCUT2D eigenvalue weighted by Gasteiger charge is -2.59. The van der Waals surface area contributed by atoms with Crippen LogP contribution in [0.1, 0.15) is 58.8 Å². The van der Waals surface area contributed by atoms with E-state index in [2.05, 4.69) is 25.2 Å². The normalized spacial score (nSPS) is 44.2. The van der Waals surface area contributed by atoms with Crippen molar-refractivity contribution in [3.8, 4) is 0 Å². The summed E-state index contributed by atoms with van der Waals surface area (Å²) >= 11 is 0. The average molecular weight is 329 g/mol. The van der Waals surface area contributed by atoms with Crippen LogP contribution in [0.15, 0.2) is 23.3 Å². The van der Waals surface area contributed by atoms with Gasteiger partial charge >= 0.3 is 5.97 Å². The van der Waals surface area contributed by atoms with Crippen molar-refractivity contribution in [2.75, 3.05) is 0 Å². The summed E-state index contributed by atoms with van der Waals surface area (Å²) in [4.78, 5) is 23.2. The second-order valence-corrected chi connectivity index (χ2v) is 8.71. The molecule has 4 nitrogen and oxygen atoms in total.